The summed E-state index contributed by atoms with van der Waals surface area (Å²) in [6.45, 7) is 6.51. The summed E-state index contributed by atoms with van der Waals surface area (Å²) >= 11 is 0. The number of ether oxygens (including phenoxy) is 1. The van der Waals surface area contributed by atoms with Gasteiger partial charge in [0.1, 0.15) is 12.2 Å². The predicted molar refractivity (Wildman–Crippen MR) is 88.2 cm³/mol. The topological polar surface area (TPSA) is 105 Å². The van der Waals surface area contributed by atoms with Crippen LogP contribution in [0.3, 0.4) is 0 Å². The summed E-state index contributed by atoms with van der Waals surface area (Å²) < 4.78 is 7.28. The minimum atomic E-state index is -1.08. The molecule has 1 fully saturated rings. The molecule has 1 unspecified atom stereocenters. The normalized spacial score (nSPS) is 17.4. The molecule has 2 rings (SSSR count). The molecule has 1 atom stereocenters. The fourth-order valence-corrected chi connectivity index (χ4v) is 2.85. The molecule has 1 aromatic heterocycles. The number of nitrogens with zero attached hydrogens (tertiary/aromatic N) is 4. The lowest BCUT2D eigenvalue weighted by Crippen LogP contribution is -2.51. The van der Waals surface area contributed by atoms with Gasteiger partial charge in [-0.05, 0) is 19.9 Å². The first-order valence-corrected chi connectivity index (χ1v) is 8.24. The molecule has 1 aliphatic heterocycles. The zero-order chi connectivity index (χ0) is 18.6. The third-order valence-corrected chi connectivity index (χ3v) is 4.04. The van der Waals surface area contributed by atoms with E-state index in [1.54, 1.807) is 15.6 Å². The van der Waals surface area contributed by atoms with Gasteiger partial charge in [-0.2, -0.15) is 5.10 Å². The Hall–Kier alpha value is -2.42. The quantitative estimate of drug-likeness (QED) is 0.772. The minimum absolute atomic E-state index is 0.136. The molecule has 25 heavy (non-hydrogen) atoms. The third-order valence-electron chi connectivity index (χ3n) is 4.04. The van der Waals surface area contributed by atoms with Crippen molar-refractivity contribution in [3.8, 4) is 0 Å². The first-order valence-electron chi connectivity index (χ1n) is 8.24. The Morgan fingerprint density at radius 3 is 2.76 bits per heavy atom. The van der Waals surface area contributed by atoms with E-state index < -0.39 is 12.1 Å². The highest BCUT2D eigenvalue weighted by atomic mass is 16.5. The maximum Gasteiger partial charge on any atom is 0.323 e. The largest absolute Gasteiger partial charge is 0.480 e. The lowest BCUT2D eigenvalue weighted by Gasteiger charge is -2.35. The Balaban J connectivity index is 2.05. The van der Waals surface area contributed by atoms with Crippen LogP contribution in [-0.2, 0) is 20.9 Å². The summed E-state index contributed by atoms with van der Waals surface area (Å²) in [5, 5.41) is 13.2. The van der Waals surface area contributed by atoms with E-state index in [1.165, 1.54) is 11.8 Å². The molecule has 9 nitrogen and oxygen atoms in total. The van der Waals surface area contributed by atoms with Crippen molar-refractivity contribution in [3.05, 3.63) is 17.5 Å². The van der Waals surface area contributed by atoms with Crippen LogP contribution in [0.5, 0.6) is 0 Å². The summed E-state index contributed by atoms with van der Waals surface area (Å²) in [7, 11) is 0. The van der Waals surface area contributed by atoms with Crippen molar-refractivity contribution < 1.29 is 24.2 Å². The molecule has 0 radical (unpaired) electrons. The molecule has 0 aromatic carbocycles. The van der Waals surface area contributed by atoms with E-state index in [9.17, 15) is 14.4 Å². The summed E-state index contributed by atoms with van der Waals surface area (Å²) in [5.74, 6) is -1.56. The predicted octanol–water partition coefficient (Wildman–Crippen LogP) is -0.0145. The maximum absolute atomic E-state index is 12.8. The van der Waals surface area contributed by atoms with Crippen molar-refractivity contribution in [1.29, 1.82) is 0 Å². The van der Waals surface area contributed by atoms with Crippen LogP contribution in [0.1, 0.15) is 30.0 Å². The van der Waals surface area contributed by atoms with Gasteiger partial charge in [0.2, 0.25) is 5.91 Å². The summed E-state index contributed by atoms with van der Waals surface area (Å²) in [6.07, 6.45) is -0.417. The summed E-state index contributed by atoms with van der Waals surface area (Å²) in [4.78, 5) is 38.1. The molecule has 1 aliphatic rings. The molecular weight excluding hydrogens is 328 g/mol. The Kier molecular flexibility index (Phi) is 6.13. The SMILES string of the molecule is CCn1nc(C)cc1C(=O)N1CCOC(CN(CC(=O)O)C(C)=O)C1. The van der Waals surface area contributed by atoms with Crippen molar-refractivity contribution in [2.75, 3.05) is 32.8 Å². The van der Waals surface area contributed by atoms with Crippen LogP contribution >= 0.6 is 0 Å². The highest BCUT2D eigenvalue weighted by Crippen LogP contribution is 2.13. The summed E-state index contributed by atoms with van der Waals surface area (Å²) in [6, 6.07) is 1.75. The molecule has 2 amide bonds. The average molecular weight is 352 g/mol. The van der Waals surface area contributed by atoms with E-state index in [2.05, 4.69) is 5.10 Å². The number of hydrogen-bond donors (Lipinski definition) is 1. The van der Waals surface area contributed by atoms with Gasteiger partial charge in [0, 0.05) is 33.1 Å². The smallest absolute Gasteiger partial charge is 0.323 e. The van der Waals surface area contributed by atoms with E-state index >= 15 is 0 Å². The highest BCUT2D eigenvalue weighted by molar-refractivity contribution is 5.92. The lowest BCUT2D eigenvalue weighted by atomic mass is 10.2. The van der Waals surface area contributed by atoms with Crippen LogP contribution < -0.4 is 0 Å². The van der Waals surface area contributed by atoms with E-state index in [0.29, 0.717) is 31.9 Å². The number of carbonyl (C=O) groups is 3. The van der Waals surface area contributed by atoms with Gasteiger partial charge < -0.3 is 19.6 Å². The second kappa shape index (κ2) is 8.11. The summed E-state index contributed by atoms with van der Waals surface area (Å²) in [5.41, 5.74) is 1.30. The molecule has 2 heterocycles. The second-order valence-electron chi connectivity index (χ2n) is 6.02. The Morgan fingerprint density at radius 1 is 1.44 bits per heavy atom. The average Bonchev–Trinajstić information content (AvgIpc) is 2.94. The van der Waals surface area contributed by atoms with Crippen LogP contribution in [0.25, 0.3) is 0 Å². The van der Waals surface area contributed by atoms with Gasteiger partial charge in [-0.15, -0.1) is 0 Å². The van der Waals surface area contributed by atoms with Crippen molar-refractivity contribution >= 4 is 17.8 Å². The molecule has 0 saturated carbocycles. The molecule has 1 N–H and O–H groups in total. The second-order valence-corrected chi connectivity index (χ2v) is 6.02. The van der Waals surface area contributed by atoms with Crippen LogP contribution in [0.2, 0.25) is 0 Å². The molecule has 0 spiro atoms. The third kappa shape index (κ3) is 4.79. The number of aryl methyl sites for hydroxylation is 2. The zero-order valence-corrected chi connectivity index (χ0v) is 14.8. The molecule has 1 saturated heterocycles. The van der Waals surface area contributed by atoms with Crippen LogP contribution in [0.15, 0.2) is 6.07 Å². The van der Waals surface area contributed by atoms with Crippen molar-refractivity contribution in [3.63, 3.8) is 0 Å². The van der Waals surface area contributed by atoms with E-state index in [0.717, 1.165) is 5.69 Å². The number of amides is 2. The molecular formula is C16H24N4O5. The Labute approximate surface area is 146 Å². The Morgan fingerprint density at radius 2 is 2.16 bits per heavy atom. The van der Waals surface area contributed by atoms with Gasteiger partial charge in [0.15, 0.2) is 0 Å². The fraction of sp³-hybridized carbons (Fsp3) is 0.625. The number of aliphatic carboxylic acids is 1. The number of carboxylic acid groups (broad SMARTS) is 1. The van der Waals surface area contributed by atoms with Gasteiger partial charge >= 0.3 is 5.97 Å². The molecule has 0 bridgehead atoms. The molecule has 138 valence electrons. The van der Waals surface area contributed by atoms with Crippen molar-refractivity contribution in [2.45, 2.75) is 33.4 Å². The van der Waals surface area contributed by atoms with E-state index in [4.69, 9.17) is 9.84 Å². The Bertz CT molecular complexity index is 657. The number of hydrogen-bond acceptors (Lipinski definition) is 5. The maximum atomic E-state index is 12.8. The van der Waals surface area contributed by atoms with Gasteiger partial charge in [0.05, 0.1) is 18.4 Å². The number of rotatable bonds is 6. The monoisotopic (exact) mass is 352 g/mol. The van der Waals surface area contributed by atoms with Crippen LogP contribution in [0, 0.1) is 6.92 Å². The van der Waals surface area contributed by atoms with Crippen LogP contribution in [0.4, 0.5) is 0 Å². The van der Waals surface area contributed by atoms with E-state index in [-0.39, 0.29) is 24.9 Å². The number of morpholine rings is 1. The van der Waals surface area contributed by atoms with Crippen molar-refractivity contribution in [2.24, 2.45) is 0 Å². The van der Waals surface area contributed by atoms with Gasteiger partial charge in [-0.1, -0.05) is 0 Å². The molecule has 9 heteroatoms. The standard InChI is InChI=1S/C16H24N4O5/c1-4-20-14(7-11(2)17-20)16(24)18-5-6-25-13(8-18)9-19(12(3)21)10-15(22)23/h7,13H,4-6,8-10H2,1-3H3,(H,22,23). The van der Waals surface area contributed by atoms with Gasteiger partial charge in [-0.3, -0.25) is 19.1 Å². The molecule has 0 aliphatic carbocycles. The number of carbonyl (C=O) groups excluding carboxylic acids is 2. The van der Waals surface area contributed by atoms with Gasteiger partial charge in [-0.25, -0.2) is 0 Å². The fourth-order valence-electron chi connectivity index (χ4n) is 2.85. The number of carboxylic acids is 1. The first-order chi connectivity index (χ1) is 11.8. The van der Waals surface area contributed by atoms with Crippen LogP contribution in [-0.4, -0.2) is 81.4 Å². The zero-order valence-electron chi connectivity index (χ0n) is 14.8. The molecule has 1 aromatic rings. The van der Waals surface area contributed by atoms with Crippen molar-refractivity contribution in [1.82, 2.24) is 19.6 Å². The number of aromatic nitrogens is 2. The van der Waals surface area contributed by atoms with E-state index in [1.807, 2.05) is 13.8 Å². The lowest BCUT2D eigenvalue weighted by molar-refractivity contribution is -0.145. The van der Waals surface area contributed by atoms with Gasteiger partial charge in [0.25, 0.3) is 5.91 Å². The highest BCUT2D eigenvalue weighted by Gasteiger charge is 2.29. The minimum Gasteiger partial charge on any atom is -0.480 e. The first kappa shape index (κ1) is 18.9.